The molecule has 0 aromatic rings. The van der Waals surface area contributed by atoms with Gasteiger partial charge in [0.05, 0.1) is 0 Å². The molecule has 0 aromatic heterocycles. The molecule has 0 spiro atoms. The van der Waals surface area contributed by atoms with Crippen molar-refractivity contribution in [1.82, 2.24) is 0 Å². The summed E-state index contributed by atoms with van der Waals surface area (Å²) in [5, 5.41) is 0. The van der Waals surface area contributed by atoms with Gasteiger partial charge >= 0.3 is 61.7 Å². The molecule has 0 aliphatic carbocycles. The van der Waals surface area contributed by atoms with E-state index in [4.69, 9.17) is 19.2 Å². The van der Waals surface area contributed by atoms with E-state index in [1.54, 1.807) is 0 Å². The fraction of sp³-hybridized carbons (Fsp3) is 0. The molecule has 0 aromatic carbocycles. The Bertz CT molecular complexity index is 31.5. The van der Waals surface area contributed by atoms with Gasteiger partial charge in [-0.15, -0.1) is 0 Å². The third-order valence-corrected chi connectivity index (χ3v) is 0. The van der Waals surface area contributed by atoms with E-state index in [1.165, 1.54) is 0 Å². The second-order valence-electron chi connectivity index (χ2n) is 0.600. The maximum atomic E-state index is 7.33. The van der Waals surface area contributed by atoms with E-state index < -0.39 is 9.05 Å². The van der Waals surface area contributed by atoms with Gasteiger partial charge in [0.15, 0.2) is 17.4 Å². The molecule has 0 bridgehead atoms. The van der Waals surface area contributed by atoms with E-state index in [2.05, 4.69) is 0 Å². The summed E-state index contributed by atoms with van der Waals surface area (Å²) in [5.41, 5.74) is 0. The van der Waals surface area contributed by atoms with Gasteiger partial charge in [-0.3, -0.25) is 0 Å². The van der Waals surface area contributed by atoms with Crippen LogP contribution in [0.15, 0.2) is 0 Å². The molecule has 0 radical (unpaired) electrons. The Morgan fingerprint density at radius 3 is 0.875 bits per heavy atom. The molecule has 8 heavy (non-hydrogen) atoms. The van der Waals surface area contributed by atoms with Crippen LogP contribution in [0, 0.1) is 0 Å². The van der Waals surface area contributed by atoms with Crippen molar-refractivity contribution in [3.05, 3.63) is 0 Å². The van der Waals surface area contributed by atoms with Crippen molar-refractivity contribution in [2.75, 3.05) is 0 Å². The minimum absolute atomic E-state index is 0. The molecule has 0 saturated heterocycles. The van der Waals surface area contributed by atoms with Crippen LogP contribution in [-0.4, -0.2) is 98.2 Å². The molecule has 44 valence electrons. The first-order valence-electron chi connectivity index (χ1n) is 0.894. The third-order valence-electron chi connectivity index (χ3n) is 0. The summed E-state index contributed by atoms with van der Waals surface area (Å²) in [4.78, 5) is 29.3. The van der Waals surface area contributed by atoms with Gasteiger partial charge < -0.3 is 19.2 Å². The van der Waals surface area contributed by atoms with Crippen LogP contribution in [0.3, 0.4) is 0 Å². The standard InChI is InChI=1S/Al.Mg.Na.H4O4Si.6H/c;;;1-5(2,3)4;;;;;;/h;;;1-4H;;;;;;. The Hall–Kier alpha value is 2.36. The number of rotatable bonds is 0. The minimum atomic E-state index is -4.61. The van der Waals surface area contributed by atoms with E-state index in [0.717, 1.165) is 0 Å². The SMILES string of the molecule is O[Si](O)(O)O.[AlH3].[MgH2].[NaH]. The zero-order valence-corrected chi connectivity index (χ0v) is 3.29. The first-order valence-corrected chi connectivity index (χ1v) is 2.68. The zero-order valence-electron chi connectivity index (χ0n) is 2.29. The average Bonchev–Trinajstić information content (AvgIpc) is 0.722. The topological polar surface area (TPSA) is 80.9 Å². The monoisotopic (exact) mass is 176 g/mol. The maximum absolute atomic E-state index is 7.33. The van der Waals surface area contributed by atoms with Crippen molar-refractivity contribution in [2.24, 2.45) is 0 Å². The summed E-state index contributed by atoms with van der Waals surface area (Å²) in [6, 6.07) is 0. The van der Waals surface area contributed by atoms with Crippen LogP contribution in [0.2, 0.25) is 0 Å². The Balaban J connectivity index is -0.0000000267. The van der Waals surface area contributed by atoms with Crippen LogP contribution < -0.4 is 0 Å². The summed E-state index contributed by atoms with van der Waals surface area (Å²) in [6.07, 6.45) is 0. The summed E-state index contributed by atoms with van der Waals surface area (Å²) in [7, 11) is -4.61. The second kappa shape index (κ2) is 9.36. The fourth-order valence-corrected chi connectivity index (χ4v) is 0. The number of hydrogen-bond acceptors (Lipinski definition) is 4. The molecule has 4 N–H and O–H groups in total. The summed E-state index contributed by atoms with van der Waals surface area (Å²) < 4.78 is 0. The molecule has 0 atom stereocenters. The van der Waals surface area contributed by atoms with Gasteiger partial charge in [-0.05, 0) is 0 Å². The predicted octanol–water partition coefficient (Wildman–Crippen LogP) is -5.36. The molecule has 0 amide bonds. The Morgan fingerprint density at radius 2 is 0.875 bits per heavy atom. The number of hydrogen-bond donors (Lipinski definition) is 4. The van der Waals surface area contributed by atoms with Crippen molar-refractivity contribution >= 4 is 79.0 Å². The van der Waals surface area contributed by atoms with E-state index in [0.29, 0.717) is 0 Å². The van der Waals surface area contributed by atoms with Gasteiger partial charge in [-0.2, -0.15) is 0 Å². The van der Waals surface area contributed by atoms with Crippen molar-refractivity contribution in [3.8, 4) is 0 Å². The van der Waals surface area contributed by atoms with Crippen molar-refractivity contribution in [3.63, 3.8) is 0 Å². The summed E-state index contributed by atoms with van der Waals surface area (Å²) in [5.74, 6) is 0. The summed E-state index contributed by atoms with van der Waals surface area (Å²) >= 11 is 0. The van der Waals surface area contributed by atoms with Crippen LogP contribution in [0.4, 0.5) is 0 Å². The van der Waals surface area contributed by atoms with E-state index in [9.17, 15) is 0 Å². The van der Waals surface area contributed by atoms with E-state index in [-0.39, 0.29) is 70.0 Å². The van der Waals surface area contributed by atoms with E-state index >= 15 is 0 Å². The van der Waals surface area contributed by atoms with Gasteiger partial charge in [0, 0.05) is 0 Å². The van der Waals surface area contributed by atoms with Crippen LogP contribution in [0.25, 0.3) is 0 Å². The molecule has 0 unspecified atom stereocenters. The third kappa shape index (κ3) is 81.5. The molecule has 4 nitrogen and oxygen atoms in total. The summed E-state index contributed by atoms with van der Waals surface area (Å²) in [6.45, 7) is 0. The molecule has 0 rings (SSSR count). The van der Waals surface area contributed by atoms with Crippen molar-refractivity contribution in [1.29, 1.82) is 0 Å². The van der Waals surface area contributed by atoms with Gasteiger partial charge in [0.2, 0.25) is 0 Å². The first kappa shape index (κ1) is 22.4. The van der Waals surface area contributed by atoms with Gasteiger partial charge in [0.1, 0.15) is 0 Å². The van der Waals surface area contributed by atoms with Crippen LogP contribution in [0.5, 0.6) is 0 Å². The quantitative estimate of drug-likeness (QED) is 0.278. The van der Waals surface area contributed by atoms with Gasteiger partial charge in [0.25, 0.3) is 0 Å². The van der Waals surface area contributed by atoms with Crippen molar-refractivity contribution in [2.45, 2.75) is 0 Å². The average molecular weight is 176 g/mol. The zero-order chi connectivity index (χ0) is 4.50. The van der Waals surface area contributed by atoms with Gasteiger partial charge in [-0.25, -0.2) is 0 Å². The Labute approximate surface area is 97.0 Å². The second-order valence-corrected chi connectivity index (χ2v) is 1.80. The van der Waals surface area contributed by atoms with Crippen LogP contribution in [-0.2, 0) is 0 Å². The Kier molecular flexibility index (Phi) is 26.2. The van der Waals surface area contributed by atoms with E-state index in [1.807, 2.05) is 0 Å². The molecule has 0 saturated carbocycles. The molecular formula is H10AlMgNaO4Si. The van der Waals surface area contributed by atoms with Crippen LogP contribution in [0.1, 0.15) is 0 Å². The Morgan fingerprint density at radius 1 is 0.875 bits per heavy atom. The fourth-order valence-electron chi connectivity index (χ4n) is 0. The molecule has 0 aliphatic heterocycles. The molecule has 8 heteroatoms. The van der Waals surface area contributed by atoms with Crippen molar-refractivity contribution < 1.29 is 19.2 Å². The van der Waals surface area contributed by atoms with Crippen LogP contribution >= 0.6 is 0 Å². The predicted molar refractivity (Wildman–Crippen MR) is 40.3 cm³/mol. The molecule has 0 aliphatic rings. The molecular weight excluding hydrogens is 166 g/mol. The first-order chi connectivity index (χ1) is 2.00. The normalized spacial score (nSPS) is 7.50. The molecule has 0 heterocycles. The van der Waals surface area contributed by atoms with Gasteiger partial charge in [-0.1, -0.05) is 0 Å². The molecule has 0 fully saturated rings.